The van der Waals surface area contributed by atoms with Gasteiger partial charge in [0.25, 0.3) is 5.91 Å². The van der Waals surface area contributed by atoms with Crippen LogP contribution < -0.4 is 10.6 Å². The first kappa shape index (κ1) is 21.2. The van der Waals surface area contributed by atoms with Crippen LogP contribution >= 0.6 is 0 Å². The molecule has 168 valence electrons. The van der Waals surface area contributed by atoms with Gasteiger partial charge in [0.1, 0.15) is 5.82 Å². The standard InChI is InChI=1S/C27H29N5O/c1-26(2)11-12-27(3,4)22-14-18(9-10-21(22)26)31-25(33)20-6-5-13-28-24(20)30-19-8-7-17-16-29-32-23(17)15-19/h5-10,13-16H,11-12H2,1-4H3,(H,28,30)(H,29,32)(H,31,33). The van der Waals surface area contributed by atoms with Crippen LogP contribution in [0.2, 0.25) is 0 Å². The normalized spacial score (nSPS) is 16.2. The smallest absolute Gasteiger partial charge is 0.259 e. The van der Waals surface area contributed by atoms with Crippen molar-refractivity contribution in [3.8, 4) is 0 Å². The van der Waals surface area contributed by atoms with E-state index in [1.165, 1.54) is 11.1 Å². The van der Waals surface area contributed by atoms with Gasteiger partial charge in [-0.15, -0.1) is 0 Å². The zero-order valence-electron chi connectivity index (χ0n) is 19.5. The van der Waals surface area contributed by atoms with E-state index in [4.69, 9.17) is 0 Å². The van der Waals surface area contributed by atoms with Crippen LogP contribution in [0.15, 0.2) is 60.9 Å². The van der Waals surface area contributed by atoms with Crippen molar-refractivity contribution >= 4 is 34.0 Å². The Morgan fingerprint density at radius 3 is 2.52 bits per heavy atom. The molecule has 5 rings (SSSR count). The van der Waals surface area contributed by atoms with Gasteiger partial charge in [-0.05, 0) is 77.3 Å². The monoisotopic (exact) mass is 439 g/mol. The zero-order chi connectivity index (χ0) is 23.2. The number of aromatic amines is 1. The Morgan fingerprint density at radius 1 is 0.939 bits per heavy atom. The number of nitrogens with zero attached hydrogens (tertiary/aromatic N) is 2. The van der Waals surface area contributed by atoms with Gasteiger partial charge in [0, 0.05) is 23.0 Å². The van der Waals surface area contributed by atoms with Crippen LogP contribution in [-0.4, -0.2) is 21.1 Å². The van der Waals surface area contributed by atoms with E-state index >= 15 is 0 Å². The maximum Gasteiger partial charge on any atom is 0.259 e. The second kappa shape index (κ2) is 7.73. The SMILES string of the molecule is CC1(C)CCC(C)(C)c2cc(NC(=O)c3cccnc3Nc3ccc4cn[nH]c4c3)ccc21. The fourth-order valence-electron chi connectivity index (χ4n) is 4.70. The van der Waals surface area contributed by atoms with Crippen molar-refractivity contribution in [2.24, 2.45) is 0 Å². The second-order valence-corrected chi connectivity index (χ2v) is 10.2. The van der Waals surface area contributed by atoms with Crippen LogP contribution in [-0.2, 0) is 10.8 Å². The molecule has 4 aromatic rings. The van der Waals surface area contributed by atoms with Crippen LogP contribution in [0.4, 0.5) is 17.2 Å². The summed E-state index contributed by atoms with van der Waals surface area (Å²) in [4.78, 5) is 17.7. The third-order valence-electron chi connectivity index (χ3n) is 6.87. The van der Waals surface area contributed by atoms with Crippen LogP contribution in [0.5, 0.6) is 0 Å². The molecule has 0 bridgehead atoms. The summed E-state index contributed by atoms with van der Waals surface area (Å²) in [6.07, 6.45) is 5.74. The number of aromatic nitrogens is 3. The number of nitrogens with one attached hydrogen (secondary N) is 3. The first-order chi connectivity index (χ1) is 15.7. The maximum atomic E-state index is 13.2. The van der Waals surface area contributed by atoms with Gasteiger partial charge in [0.2, 0.25) is 0 Å². The Hall–Kier alpha value is -3.67. The molecule has 0 atom stereocenters. The average molecular weight is 440 g/mol. The molecule has 0 aliphatic heterocycles. The number of carbonyl (C=O) groups excluding carboxylic acids is 1. The molecule has 6 heteroatoms. The van der Waals surface area contributed by atoms with E-state index in [9.17, 15) is 4.79 Å². The number of hydrogen-bond donors (Lipinski definition) is 3. The number of rotatable bonds is 4. The Labute approximate surface area is 193 Å². The van der Waals surface area contributed by atoms with E-state index < -0.39 is 0 Å². The summed E-state index contributed by atoms with van der Waals surface area (Å²) in [6.45, 7) is 9.17. The summed E-state index contributed by atoms with van der Waals surface area (Å²) in [7, 11) is 0. The molecule has 3 N–H and O–H groups in total. The average Bonchev–Trinajstić information content (AvgIpc) is 3.25. The van der Waals surface area contributed by atoms with Gasteiger partial charge in [0.15, 0.2) is 0 Å². The molecule has 0 saturated carbocycles. The van der Waals surface area contributed by atoms with Crippen molar-refractivity contribution in [2.75, 3.05) is 10.6 Å². The summed E-state index contributed by atoms with van der Waals surface area (Å²) in [5.41, 5.74) is 5.95. The molecule has 2 aromatic carbocycles. The number of amides is 1. The van der Waals surface area contributed by atoms with Gasteiger partial charge < -0.3 is 10.6 Å². The molecule has 0 spiro atoms. The fourth-order valence-corrected chi connectivity index (χ4v) is 4.70. The van der Waals surface area contributed by atoms with Gasteiger partial charge in [-0.3, -0.25) is 9.89 Å². The summed E-state index contributed by atoms with van der Waals surface area (Å²) in [5, 5.41) is 14.4. The molecule has 0 saturated heterocycles. The second-order valence-electron chi connectivity index (χ2n) is 10.2. The van der Waals surface area contributed by atoms with Crippen molar-refractivity contribution in [2.45, 2.75) is 51.4 Å². The van der Waals surface area contributed by atoms with Gasteiger partial charge >= 0.3 is 0 Å². The van der Waals surface area contributed by atoms with Gasteiger partial charge in [-0.25, -0.2) is 4.98 Å². The Morgan fingerprint density at radius 2 is 1.70 bits per heavy atom. The van der Waals surface area contributed by atoms with Gasteiger partial charge in [-0.1, -0.05) is 33.8 Å². The third kappa shape index (κ3) is 3.97. The molecule has 2 aromatic heterocycles. The molecule has 1 aliphatic rings. The van der Waals surface area contributed by atoms with E-state index in [-0.39, 0.29) is 16.7 Å². The quantitative estimate of drug-likeness (QED) is 0.348. The molecule has 1 aliphatic carbocycles. The predicted molar refractivity (Wildman–Crippen MR) is 133 cm³/mol. The van der Waals surface area contributed by atoms with E-state index in [0.29, 0.717) is 11.4 Å². The zero-order valence-corrected chi connectivity index (χ0v) is 19.5. The molecule has 2 heterocycles. The van der Waals surface area contributed by atoms with Crippen LogP contribution in [0.1, 0.15) is 62.0 Å². The van der Waals surface area contributed by atoms with Crippen molar-refractivity contribution in [3.63, 3.8) is 0 Å². The van der Waals surface area contributed by atoms with E-state index in [1.807, 2.05) is 24.3 Å². The summed E-state index contributed by atoms with van der Waals surface area (Å²) in [5.74, 6) is 0.314. The topological polar surface area (TPSA) is 82.7 Å². The van der Waals surface area contributed by atoms with Crippen LogP contribution in [0, 0.1) is 0 Å². The molecule has 0 radical (unpaired) electrons. The van der Waals surface area contributed by atoms with Crippen molar-refractivity contribution in [1.82, 2.24) is 15.2 Å². The highest BCUT2D eigenvalue weighted by Gasteiger charge is 2.37. The highest BCUT2D eigenvalue weighted by molar-refractivity contribution is 6.08. The van der Waals surface area contributed by atoms with Crippen molar-refractivity contribution < 1.29 is 4.79 Å². The number of carbonyl (C=O) groups is 1. The van der Waals surface area contributed by atoms with Crippen LogP contribution in [0.25, 0.3) is 10.9 Å². The predicted octanol–water partition coefficient (Wildman–Crippen LogP) is 6.30. The number of fused-ring (bicyclic) bond motifs is 2. The van der Waals surface area contributed by atoms with Gasteiger partial charge in [0.05, 0.1) is 17.3 Å². The minimum atomic E-state index is -0.193. The largest absolute Gasteiger partial charge is 0.340 e. The number of hydrogen-bond acceptors (Lipinski definition) is 4. The van der Waals surface area contributed by atoms with Crippen molar-refractivity contribution in [1.29, 1.82) is 0 Å². The fraction of sp³-hybridized carbons (Fsp3) is 0.296. The molecular weight excluding hydrogens is 410 g/mol. The minimum absolute atomic E-state index is 0.0813. The lowest BCUT2D eigenvalue weighted by Crippen LogP contribution is -2.33. The molecule has 33 heavy (non-hydrogen) atoms. The van der Waals surface area contributed by atoms with Crippen LogP contribution in [0.3, 0.4) is 0 Å². The lowest BCUT2D eigenvalue weighted by molar-refractivity contribution is 0.102. The van der Waals surface area contributed by atoms with Crippen molar-refractivity contribution in [3.05, 3.63) is 77.6 Å². The lowest BCUT2D eigenvalue weighted by atomic mass is 9.63. The minimum Gasteiger partial charge on any atom is -0.340 e. The van der Waals surface area contributed by atoms with E-state index in [0.717, 1.165) is 35.1 Å². The highest BCUT2D eigenvalue weighted by Crippen LogP contribution is 2.46. The maximum absolute atomic E-state index is 13.2. The van der Waals surface area contributed by atoms with E-state index in [2.05, 4.69) is 65.6 Å². The Kier molecular flexibility index (Phi) is 4.96. The first-order valence-corrected chi connectivity index (χ1v) is 11.3. The molecule has 0 unspecified atom stereocenters. The van der Waals surface area contributed by atoms with E-state index in [1.54, 1.807) is 24.5 Å². The highest BCUT2D eigenvalue weighted by atomic mass is 16.1. The molecule has 1 amide bonds. The third-order valence-corrected chi connectivity index (χ3v) is 6.87. The molecule has 6 nitrogen and oxygen atoms in total. The summed E-state index contributed by atoms with van der Waals surface area (Å²) >= 11 is 0. The summed E-state index contributed by atoms with van der Waals surface area (Å²) < 4.78 is 0. The number of pyridine rings is 1. The van der Waals surface area contributed by atoms with Gasteiger partial charge in [-0.2, -0.15) is 5.10 Å². The summed E-state index contributed by atoms with van der Waals surface area (Å²) in [6, 6.07) is 15.8. The Balaban J connectivity index is 1.42. The number of H-pyrrole nitrogens is 1. The number of benzene rings is 2. The first-order valence-electron chi connectivity index (χ1n) is 11.3. The molecular formula is C27H29N5O. The Bertz CT molecular complexity index is 1350. The lowest BCUT2D eigenvalue weighted by Gasteiger charge is -2.42. The molecule has 0 fully saturated rings. The number of anilines is 3.